The summed E-state index contributed by atoms with van der Waals surface area (Å²) in [6, 6.07) is 2.05. The van der Waals surface area contributed by atoms with Gasteiger partial charge in [-0.25, -0.2) is 0 Å². The third-order valence-electron chi connectivity index (χ3n) is 5.75. The number of nitrogens with zero attached hydrogens (tertiary/aromatic N) is 2. The third kappa shape index (κ3) is 2.05. The number of hydrogen-bond donors (Lipinski definition) is 1. The summed E-state index contributed by atoms with van der Waals surface area (Å²) in [5.41, 5.74) is 1.19. The summed E-state index contributed by atoms with van der Waals surface area (Å²) in [5.74, 6) is 2.78. The standard InChI is InChI=1S/C16H23N3O/c20-16(14-9-11-3-4-12(14)8-11)19-7-1-2-13(10-19)15-5-6-17-18-15/h5-6,11-14H,1-4,7-10H2,(H,17,18). The molecule has 0 spiro atoms. The van der Waals surface area contributed by atoms with Crippen LogP contribution in [0, 0.1) is 17.8 Å². The smallest absolute Gasteiger partial charge is 0.225 e. The molecule has 4 atom stereocenters. The lowest BCUT2D eigenvalue weighted by molar-refractivity contribution is -0.138. The molecule has 3 fully saturated rings. The van der Waals surface area contributed by atoms with Crippen molar-refractivity contribution < 1.29 is 4.79 Å². The molecule has 4 rings (SSSR count). The van der Waals surface area contributed by atoms with Crippen LogP contribution in [0.15, 0.2) is 12.3 Å². The molecular weight excluding hydrogens is 250 g/mol. The second-order valence-corrected chi connectivity index (χ2v) is 6.92. The zero-order valence-electron chi connectivity index (χ0n) is 11.9. The Bertz CT molecular complexity index is 484. The normalized spacial score (nSPS) is 36.5. The van der Waals surface area contributed by atoms with Gasteiger partial charge < -0.3 is 4.90 Å². The molecule has 1 aliphatic heterocycles. The van der Waals surface area contributed by atoms with E-state index in [-0.39, 0.29) is 0 Å². The zero-order chi connectivity index (χ0) is 13.5. The van der Waals surface area contributed by atoms with Crippen molar-refractivity contribution >= 4 is 5.91 Å². The topological polar surface area (TPSA) is 49.0 Å². The molecule has 3 aliphatic rings. The number of aromatic amines is 1. The van der Waals surface area contributed by atoms with Crippen LogP contribution in [0.3, 0.4) is 0 Å². The molecule has 2 bridgehead atoms. The molecule has 1 amide bonds. The molecule has 108 valence electrons. The fourth-order valence-corrected chi connectivity index (χ4v) is 4.71. The number of amides is 1. The Labute approximate surface area is 119 Å². The predicted octanol–water partition coefficient (Wildman–Crippen LogP) is 2.55. The molecule has 4 nitrogen and oxygen atoms in total. The van der Waals surface area contributed by atoms with Crippen molar-refractivity contribution in [3.63, 3.8) is 0 Å². The van der Waals surface area contributed by atoms with Crippen molar-refractivity contribution in [1.82, 2.24) is 15.1 Å². The summed E-state index contributed by atoms with van der Waals surface area (Å²) < 4.78 is 0. The van der Waals surface area contributed by atoms with Gasteiger partial charge in [-0.15, -0.1) is 0 Å². The monoisotopic (exact) mass is 273 g/mol. The highest BCUT2D eigenvalue weighted by atomic mass is 16.2. The number of aromatic nitrogens is 2. The maximum atomic E-state index is 12.8. The van der Waals surface area contributed by atoms with Crippen molar-refractivity contribution in [3.05, 3.63) is 18.0 Å². The van der Waals surface area contributed by atoms with Gasteiger partial charge in [0.15, 0.2) is 0 Å². The van der Waals surface area contributed by atoms with Gasteiger partial charge in [-0.2, -0.15) is 5.10 Å². The minimum absolute atomic E-state index is 0.342. The second-order valence-electron chi connectivity index (χ2n) is 6.92. The number of carbonyl (C=O) groups excluding carboxylic acids is 1. The van der Waals surface area contributed by atoms with E-state index in [2.05, 4.69) is 21.2 Å². The summed E-state index contributed by atoms with van der Waals surface area (Å²) >= 11 is 0. The van der Waals surface area contributed by atoms with Gasteiger partial charge in [-0.1, -0.05) is 6.42 Å². The van der Waals surface area contributed by atoms with Crippen molar-refractivity contribution in [2.24, 2.45) is 17.8 Å². The Morgan fingerprint density at radius 3 is 2.95 bits per heavy atom. The average molecular weight is 273 g/mol. The van der Waals surface area contributed by atoms with Gasteiger partial charge in [0.2, 0.25) is 5.91 Å². The van der Waals surface area contributed by atoms with Crippen LogP contribution in [0.5, 0.6) is 0 Å². The van der Waals surface area contributed by atoms with E-state index in [0.29, 0.717) is 23.7 Å². The van der Waals surface area contributed by atoms with Gasteiger partial charge in [0.05, 0.1) is 0 Å². The minimum atomic E-state index is 0.342. The number of piperidine rings is 1. The van der Waals surface area contributed by atoms with E-state index in [9.17, 15) is 4.79 Å². The summed E-state index contributed by atoms with van der Waals surface area (Å²) in [5, 5.41) is 7.12. The Morgan fingerprint density at radius 2 is 2.25 bits per heavy atom. The number of carbonyl (C=O) groups is 1. The summed E-state index contributed by atoms with van der Waals surface area (Å²) in [6.07, 6.45) is 9.23. The lowest BCUT2D eigenvalue weighted by Gasteiger charge is -2.35. The van der Waals surface area contributed by atoms with Gasteiger partial charge in [-0.05, 0) is 50.0 Å². The lowest BCUT2D eigenvalue weighted by atomic mass is 9.86. The van der Waals surface area contributed by atoms with Crippen LogP contribution < -0.4 is 0 Å². The van der Waals surface area contributed by atoms with E-state index in [1.54, 1.807) is 0 Å². The molecule has 0 aromatic carbocycles. The Balaban J connectivity index is 1.44. The molecule has 1 N–H and O–H groups in total. The largest absolute Gasteiger partial charge is 0.342 e. The number of likely N-dealkylation sites (tertiary alicyclic amines) is 1. The van der Waals surface area contributed by atoms with Crippen LogP contribution >= 0.6 is 0 Å². The number of hydrogen-bond acceptors (Lipinski definition) is 2. The summed E-state index contributed by atoms with van der Waals surface area (Å²) in [4.78, 5) is 14.9. The molecule has 2 saturated carbocycles. The van der Waals surface area contributed by atoms with Crippen LogP contribution in [-0.2, 0) is 4.79 Å². The number of nitrogens with one attached hydrogen (secondary N) is 1. The van der Waals surface area contributed by atoms with E-state index in [1.807, 2.05) is 6.20 Å². The van der Waals surface area contributed by atoms with Crippen LogP contribution in [0.2, 0.25) is 0 Å². The molecule has 2 aliphatic carbocycles. The molecule has 0 radical (unpaired) electrons. The molecule has 1 aromatic rings. The van der Waals surface area contributed by atoms with Crippen LogP contribution in [0.1, 0.15) is 50.1 Å². The van der Waals surface area contributed by atoms with Gasteiger partial charge in [-0.3, -0.25) is 9.89 Å². The van der Waals surface area contributed by atoms with Gasteiger partial charge in [0, 0.05) is 36.8 Å². The van der Waals surface area contributed by atoms with Crippen molar-refractivity contribution in [3.8, 4) is 0 Å². The third-order valence-corrected chi connectivity index (χ3v) is 5.75. The van der Waals surface area contributed by atoms with Gasteiger partial charge in [0.25, 0.3) is 0 Å². The van der Waals surface area contributed by atoms with E-state index in [0.717, 1.165) is 31.8 Å². The molecule has 1 saturated heterocycles. The van der Waals surface area contributed by atoms with Crippen molar-refractivity contribution in [2.45, 2.75) is 44.4 Å². The van der Waals surface area contributed by atoms with Crippen molar-refractivity contribution in [2.75, 3.05) is 13.1 Å². The average Bonchev–Trinajstić information content (AvgIpc) is 3.23. The minimum Gasteiger partial charge on any atom is -0.342 e. The number of rotatable bonds is 2. The van der Waals surface area contributed by atoms with Gasteiger partial charge >= 0.3 is 0 Å². The molecular formula is C16H23N3O. The lowest BCUT2D eigenvalue weighted by Crippen LogP contribution is -2.43. The first-order chi connectivity index (χ1) is 9.81. The molecule has 20 heavy (non-hydrogen) atoms. The predicted molar refractivity (Wildman–Crippen MR) is 76.1 cm³/mol. The summed E-state index contributed by atoms with van der Waals surface area (Å²) in [6.45, 7) is 1.84. The quantitative estimate of drug-likeness (QED) is 0.900. The molecule has 4 unspecified atom stereocenters. The second kappa shape index (κ2) is 4.90. The molecule has 4 heteroatoms. The fraction of sp³-hybridized carbons (Fsp3) is 0.750. The van der Waals surface area contributed by atoms with Crippen LogP contribution in [-0.4, -0.2) is 34.1 Å². The van der Waals surface area contributed by atoms with E-state index in [4.69, 9.17) is 0 Å². The highest BCUT2D eigenvalue weighted by Crippen LogP contribution is 2.49. The Kier molecular flexibility index (Phi) is 3.04. The van der Waals surface area contributed by atoms with E-state index >= 15 is 0 Å². The van der Waals surface area contributed by atoms with E-state index in [1.165, 1.54) is 31.4 Å². The zero-order valence-corrected chi connectivity index (χ0v) is 11.9. The van der Waals surface area contributed by atoms with Gasteiger partial charge in [0.1, 0.15) is 0 Å². The highest BCUT2D eigenvalue weighted by Gasteiger charge is 2.44. The maximum Gasteiger partial charge on any atom is 0.225 e. The molecule has 1 aromatic heterocycles. The first-order valence-electron chi connectivity index (χ1n) is 8.09. The van der Waals surface area contributed by atoms with Crippen molar-refractivity contribution in [1.29, 1.82) is 0 Å². The first-order valence-corrected chi connectivity index (χ1v) is 8.09. The van der Waals surface area contributed by atoms with E-state index < -0.39 is 0 Å². The molecule has 2 heterocycles. The first kappa shape index (κ1) is 12.4. The number of fused-ring (bicyclic) bond motifs is 2. The SMILES string of the molecule is O=C(C1CC2CCC1C2)N1CCCC(c2ccn[nH]2)C1. The number of H-pyrrole nitrogens is 1. The van der Waals surface area contributed by atoms with Crippen LogP contribution in [0.25, 0.3) is 0 Å². The Hall–Kier alpha value is -1.32. The summed E-state index contributed by atoms with van der Waals surface area (Å²) in [7, 11) is 0. The fourth-order valence-electron chi connectivity index (χ4n) is 4.71. The maximum absolute atomic E-state index is 12.8. The van der Waals surface area contributed by atoms with Crippen LogP contribution in [0.4, 0.5) is 0 Å². The highest BCUT2D eigenvalue weighted by molar-refractivity contribution is 5.80. The Morgan fingerprint density at radius 1 is 1.30 bits per heavy atom.